The van der Waals surface area contributed by atoms with E-state index >= 15 is 0 Å². The van der Waals surface area contributed by atoms with E-state index in [4.69, 9.17) is 14.0 Å². The van der Waals surface area contributed by atoms with Crippen molar-refractivity contribution in [2.24, 2.45) is 0 Å². The standard InChI is InChI=1S/C13H16N2O7S/c1-21-8-10-11(12(16)15(10)23(18,19)20)14-13(17)22-7-9-5-3-2-4-6-9/h2-6,10-11H,7-8H2,1H3,(H,14,17)(H,18,19,20). The molecule has 1 aliphatic heterocycles. The molecule has 1 heterocycles. The summed E-state index contributed by atoms with van der Waals surface area (Å²) in [5.41, 5.74) is 0.760. The molecule has 10 heteroatoms. The minimum atomic E-state index is -4.70. The van der Waals surface area contributed by atoms with Gasteiger partial charge in [0.15, 0.2) is 0 Å². The Morgan fingerprint density at radius 3 is 2.57 bits per heavy atom. The van der Waals surface area contributed by atoms with E-state index in [9.17, 15) is 18.0 Å². The van der Waals surface area contributed by atoms with Gasteiger partial charge in [-0.15, -0.1) is 0 Å². The first-order valence-electron chi connectivity index (χ1n) is 6.61. The molecule has 2 atom stereocenters. The minimum Gasteiger partial charge on any atom is -0.445 e. The van der Waals surface area contributed by atoms with Crippen LogP contribution in [0.3, 0.4) is 0 Å². The Balaban J connectivity index is 1.93. The van der Waals surface area contributed by atoms with Crippen molar-refractivity contribution in [3.8, 4) is 0 Å². The zero-order valence-corrected chi connectivity index (χ0v) is 13.0. The van der Waals surface area contributed by atoms with Crippen LogP contribution in [0.2, 0.25) is 0 Å². The van der Waals surface area contributed by atoms with Crippen molar-refractivity contribution in [2.45, 2.75) is 18.7 Å². The van der Waals surface area contributed by atoms with E-state index in [0.717, 1.165) is 5.56 Å². The lowest BCUT2D eigenvalue weighted by atomic mass is 10.00. The van der Waals surface area contributed by atoms with Crippen LogP contribution in [-0.2, 0) is 31.2 Å². The lowest BCUT2D eigenvalue weighted by Gasteiger charge is -2.43. The van der Waals surface area contributed by atoms with Crippen LogP contribution in [0.25, 0.3) is 0 Å². The highest BCUT2D eigenvalue weighted by atomic mass is 32.2. The summed E-state index contributed by atoms with van der Waals surface area (Å²) in [6, 6.07) is 6.74. The molecule has 126 valence electrons. The fourth-order valence-corrected chi connectivity index (χ4v) is 3.05. The fourth-order valence-electron chi connectivity index (χ4n) is 2.19. The summed E-state index contributed by atoms with van der Waals surface area (Å²) >= 11 is 0. The lowest BCUT2D eigenvalue weighted by molar-refractivity contribution is -0.144. The molecule has 0 bridgehead atoms. The smallest absolute Gasteiger partial charge is 0.408 e. The predicted octanol–water partition coefficient (Wildman–Crippen LogP) is -0.0586. The fraction of sp³-hybridized carbons (Fsp3) is 0.385. The summed E-state index contributed by atoms with van der Waals surface area (Å²) in [4.78, 5) is 23.5. The zero-order valence-electron chi connectivity index (χ0n) is 12.2. The second-order valence-electron chi connectivity index (χ2n) is 4.82. The zero-order chi connectivity index (χ0) is 17.0. The van der Waals surface area contributed by atoms with Crippen molar-refractivity contribution >= 4 is 22.3 Å². The molecule has 0 aliphatic carbocycles. The van der Waals surface area contributed by atoms with Gasteiger partial charge in [0.05, 0.1) is 6.61 Å². The molecule has 23 heavy (non-hydrogen) atoms. The maximum atomic E-state index is 11.8. The highest BCUT2D eigenvalue weighted by molar-refractivity contribution is 7.84. The summed E-state index contributed by atoms with van der Waals surface area (Å²) in [6.45, 7) is -0.167. The molecule has 2 amide bonds. The number of rotatable bonds is 6. The number of methoxy groups -OCH3 is 1. The van der Waals surface area contributed by atoms with Crippen LogP contribution >= 0.6 is 0 Å². The average molecular weight is 344 g/mol. The van der Waals surface area contributed by atoms with Gasteiger partial charge in [0.25, 0.3) is 5.91 Å². The number of carbonyl (C=O) groups is 2. The molecule has 1 saturated heterocycles. The number of alkyl carbamates (subject to hydrolysis) is 1. The first-order valence-corrected chi connectivity index (χ1v) is 8.01. The number of hydrogen-bond donors (Lipinski definition) is 2. The molecule has 0 saturated carbocycles. The van der Waals surface area contributed by atoms with Crippen LogP contribution < -0.4 is 5.32 Å². The molecule has 1 aromatic rings. The van der Waals surface area contributed by atoms with Gasteiger partial charge in [0, 0.05) is 7.11 Å². The molecule has 2 N–H and O–H groups in total. The Bertz CT molecular complexity index is 677. The maximum Gasteiger partial charge on any atom is 0.408 e. The largest absolute Gasteiger partial charge is 0.445 e. The number of ether oxygens (including phenoxy) is 2. The Kier molecular flexibility index (Phi) is 5.19. The SMILES string of the molecule is COCC1C(NC(=O)OCc2ccccc2)C(=O)N1S(=O)(=O)O. The van der Waals surface area contributed by atoms with Crippen molar-refractivity contribution in [3.05, 3.63) is 35.9 Å². The number of amides is 2. The minimum absolute atomic E-state index is 0.00451. The van der Waals surface area contributed by atoms with Crippen molar-refractivity contribution in [3.63, 3.8) is 0 Å². The molecule has 0 spiro atoms. The van der Waals surface area contributed by atoms with E-state index in [2.05, 4.69) is 5.32 Å². The summed E-state index contributed by atoms with van der Waals surface area (Å²) in [6.07, 6.45) is -0.872. The Hall–Kier alpha value is -2.17. The van der Waals surface area contributed by atoms with E-state index in [1.54, 1.807) is 24.3 Å². The second kappa shape index (κ2) is 6.94. The van der Waals surface area contributed by atoms with Gasteiger partial charge in [0.2, 0.25) is 0 Å². The van der Waals surface area contributed by atoms with Gasteiger partial charge in [-0.2, -0.15) is 8.42 Å². The van der Waals surface area contributed by atoms with E-state index in [1.165, 1.54) is 7.11 Å². The maximum absolute atomic E-state index is 11.8. The van der Waals surface area contributed by atoms with Gasteiger partial charge in [-0.05, 0) is 5.56 Å². The molecule has 2 unspecified atom stereocenters. The van der Waals surface area contributed by atoms with E-state index < -0.39 is 34.4 Å². The quantitative estimate of drug-likeness (QED) is 0.547. The Morgan fingerprint density at radius 2 is 2.00 bits per heavy atom. The molecular weight excluding hydrogens is 328 g/mol. The molecule has 1 aliphatic rings. The highest BCUT2D eigenvalue weighted by Gasteiger charge is 2.54. The number of β-lactam (4-membered cyclic amide) rings is 1. The summed E-state index contributed by atoms with van der Waals surface area (Å²) < 4.78 is 41.2. The number of benzene rings is 1. The Labute approximate surface area is 133 Å². The third-order valence-corrected chi connectivity index (χ3v) is 4.19. The lowest BCUT2D eigenvalue weighted by Crippen LogP contribution is -2.73. The van der Waals surface area contributed by atoms with Gasteiger partial charge in [-0.3, -0.25) is 9.35 Å². The topological polar surface area (TPSA) is 122 Å². The van der Waals surface area contributed by atoms with Crippen LogP contribution in [0.1, 0.15) is 5.56 Å². The molecular formula is C13H16N2O7S. The van der Waals surface area contributed by atoms with Gasteiger partial charge in [-0.25, -0.2) is 9.10 Å². The van der Waals surface area contributed by atoms with Crippen LogP contribution in [0.4, 0.5) is 4.79 Å². The molecule has 2 rings (SSSR count). The monoisotopic (exact) mass is 344 g/mol. The van der Waals surface area contributed by atoms with E-state index in [1.807, 2.05) is 6.07 Å². The van der Waals surface area contributed by atoms with Crippen LogP contribution in [0.15, 0.2) is 30.3 Å². The predicted molar refractivity (Wildman–Crippen MR) is 77.6 cm³/mol. The van der Waals surface area contributed by atoms with E-state index in [-0.39, 0.29) is 17.5 Å². The number of carbonyl (C=O) groups excluding carboxylic acids is 2. The van der Waals surface area contributed by atoms with Gasteiger partial charge < -0.3 is 14.8 Å². The van der Waals surface area contributed by atoms with Gasteiger partial charge in [0.1, 0.15) is 18.7 Å². The Morgan fingerprint density at radius 1 is 1.35 bits per heavy atom. The first-order chi connectivity index (χ1) is 10.8. The van der Waals surface area contributed by atoms with Gasteiger partial charge in [-0.1, -0.05) is 30.3 Å². The number of hydrogen-bond acceptors (Lipinski definition) is 6. The summed E-state index contributed by atoms with van der Waals surface area (Å²) in [5, 5.41) is 2.27. The van der Waals surface area contributed by atoms with E-state index in [0.29, 0.717) is 0 Å². The molecule has 9 nitrogen and oxygen atoms in total. The van der Waals surface area contributed by atoms with Crippen molar-refractivity contribution in [1.29, 1.82) is 0 Å². The third kappa shape index (κ3) is 3.97. The average Bonchev–Trinajstić information content (AvgIpc) is 2.50. The molecule has 1 fully saturated rings. The van der Waals surface area contributed by atoms with Crippen molar-refractivity contribution in [1.82, 2.24) is 9.62 Å². The van der Waals surface area contributed by atoms with Crippen molar-refractivity contribution in [2.75, 3.05) is 13.7 Å². The van der Waals surface area contributed by atoms with Crippen molar-refractivity contribution < 1.29 is 32.0 Å². The number of nitrogens with one attached hydrogen (secondary N) is 1. The second-order valence-corrected chi connectivity index (χ2v) is 6.11. The van der Waals surface area contributed by atoms with Crippen LogP contribution in [-0.4, -0.2) is 55.1 Å². The third-order valence-electron chi connectivity index (χ3n) is 3.24. The van der Waals surface area contributed by atoms with Crippen LogP contribution in [0.5, 0.6) is 0 Å². The normalized spacial score (nSPS) is 20.8. The molecule has 0 radical (unpaired) electrons. The first kappa shape index (κ1) is 17.2. The van der Waals surface area contributed by atoms with Crippen LogP contribution in [0, 0.1) is 0 Å². The summed E-state index contributed by atoms with van der Waals surface area (Å²) in [7, 11) is -3.40. The number of nitrogens with zero attached hydrogens (tertiary/aromatic N) is 1. The van der Waals surface area contributed by atoms with Gasteiger partial charge >= 0.3 is 16.4 Å². The highest BCUT2D eigenvalue weighted by Crippen LogP contribution is 2.23. The summed E-state index contributed by atoms with van der Waals surface area (Å²) in [5.74, 6) is -0.953. The molecule has 0 aromatic heterocycles. The molecule has 1 aromatic carbocycles.